The Morgan fingerprint density at radius 2 is 1.83 bits per heavy atom. The Hall–Kier alpha value is -0.520. The van der Waals surface area contributed by atoms with E-state index >= 15 is 0 Å². The van der Waals surface area contributed by atoms with Gasteiger partial charge in [-0.2, -0.15) is 5.92 Å². The van der Waals surface area contributed by atoms with Crippen LogP contribution >= 0.6 is 0 Å². The predicted molar refractivity (Wildman–Crippen MR) is 26.9 cm³/mol. The van der Waals surface area contributed by atoms with Gasteiger partial charge in [0.1, 0.15) is 0 Å². The van der Waals surface area contributed by atoms with E-state index in [1.807, 2.05) is 0 Å². The monoisotopic (exact) mass is 80.1 g/mol. The highest BCUT2D eigenvalue weighted by atomic mass is 14.1. The zero-order valence-electron chi connectivity index (χ0n) is 3.89. The lowest BCUT2D eigenvalue weighted by atomic mass is 10.1. The summed E-state index contributed by atoms with van der Waals surface area (Å²) >= 11 is 0. The Morgan fingerprint density at radius 1 is 1.33 bits per heavy atom. The Labute approximate surface area is 38.9 Å². The molecule has 0 fully saturated rings. The SMILES string of the molecule is CC1[CH-]C=C[CH-]1. The number of hydrogen-bond acceptors (Lipinski definition) is 0. The van der Waals surface area contributed by atoms with Crippen molar-refractivity contribution in [3.8, 4) is 0 Å². The molecule has 6 heavy (non-hydrogen) atoms. The Morgan fingerprint density at radius 3 is 2.00 bits per heavy atom. The van der Waals surface area contributed by atoms with Gasteiger partial charge in [-0.05, 0) is 0 Å². The molecule has 0 nitrogen and oxygen atoms in total. The molecule has 0 N–H and O–H groups in total. The van der Waals surface area contributed by atoms with Crippen molar-refractivity contribution in [1.82, 2.24) is 0 Å². The molecule has 0 aromatic heterocycles. The van der Waals surface area contributed by atoms with Gasteiger partial charge in [0.15, 0.2) is 0 Å². The fourth-order valence-corrected chi connectivity index (χ4v) is 0.543. The van der Waals surface area contributed by atoms with Gasteiger partial charge in [0.2, 0.25) is 0 Å². The third-order valence-corrected chi connectivity index (χ3v) is 0.940. The molecule has 0 unspecified atom stereocenters. The van der Waals surface area contributed by atoms with Crippen LogP contribution in [0.3, 0.4) is 0 Å². The highest BCUT2D eigenvalue weighted by molar-refractivity contribution is 5.16. The summed E-state index contributed by atoms with van der Waals surface area (Å²) in [6.45, 7) is 2.17. The lowest BCUT2D eigenvalue weighted by molar-refractivity contribution is 0.864. The number of hydrogen-bond donors (Lipinski definition) is 0. The van der Waals surface area contributed by atoms with Gasteiger partial charge in [-0.15, -0.1) is 0 Å². The first-order chi connectivity index (χ1) is 2.89. The number of rotatable bonds is 0. The molecule has 0 aromatic carbocycles. The van der Waals surface area contributed by atoms with Crippen LogP contribution in [0.2, 0.25) is 0 Å². The van der Waals surface area contributed by atoms with Crippen molar-refractivity contribution in [2.45, 2.75) is 6.92 Å². The van der Waals surface area contributed by atoms with Crippen LogP contribution in [0.1, 0.15) is 6.92 Å². The van der Waals surface area contributed by atoms with Crippen molar-refractivity contribution in [1.29, 1.82) is 0 Å². The zero-order chi connectivity index (χ0) is 4.41. The van der Waals surface area contributed by atoms with Crippen molar-refractivity contribution < 1.29 is 0 Å². The summed E-state index contributed by atoms with van der Waals surface area (Å²) in [5, 5.41) is 0. The van der Waals surface area contributed by atoms with Crippen LogP contribution in [-0.2, 0) is 0 Å². The van der Waals surface area contributed by atoms with Crippen LogP contribution < -0.4 is 0 Å². The minimum atomic E-state index is 0.685. The standard InChI is InChI=1S/C6H8/c1-6-4-2-3-5-6/h2-6H,1H3/q-2. The molecule has 0 aromatic rings. The van der Waals surface area contributed by atoms with Crippen molar-refractivity contribution in [2.24, 2.45) is 5.92 Å². The summed E-state index contributed by atoms with van der Waals surface area (Å²) in [5.74, 6) is 0.685. The van der Waals surface area contributed by atoms with E-state index in [0.717, 1.165) is 0 Å². The van der Waals surface area contributed by atoms with Gasteiger partial charge in [-0.1, -0.05) is 6.92 Å². The van der Waals surface area contributed by atoms with Crippen LogP contribution in [-0.4, -0.2) is 0 Å². The van der Waals surface area contributed by atoms with Crippen LogP contribution in [0, 0.1) is 18.8 Å². The summed E-state index contributed by atoms with van der Waals surface area (Å²) in [7, 11) is 0. The fraction of sp³-hybridized carbons (Fsp3) is 0.333. The van der Waals surface area contributed by atoms with E-state index in [4.69, 9.17) is 0 Å². The Bertz CT molecular complexity index is 54.4. The van der Waals surface area contributed by atoms with E-state index in [1.54, 1.807) is 0 Å². The molecule has 0 saturated carbocycles. The van der Waals surface area contributed by atoms with E-state index in [9.17, 15) is 0 Å². The summed E-state index contributed by atoms with van der Waals surface area (Å²) in [6, 6.07) is 0. The molecular weight excluding hydrogens is 72.1 g/mol. The zero-order valence-corrected chi connectivity index (χ0v) is 3.89. The predicted octanol–water partition coefficient (Wildman–Crippen LogP) is 1.60. The highest BCUT2D eigenvalue weighted by Crippen LogP contribution is 2.12. The second-order valence-corrected chi connectivity index (χ2v) is 1.63. The van der Waals surface area contributed by atoms with Crippen molar-refractivity contribution >= 4 is 0 Å². The Balaban J connectivity index is 2.32. The van der Waals surface area contributed by atoms with Crippen molar-refractivity contribution in [2.75, 3.05) is 0 Å². The summed E-state index contributed by atoms with van der Waals surface area (Å²) in [5.41, 5.74) is 0. The molecule has 1 rings (SSSR count). The molecule has 0 heterocycles. The van der Waals surface area contributed by atoms with E-state index in [-0.39, 0.29) is 0 Å². The lowest BCUT2D eigenvalue weighted by Crippen LogP contribution is -1.82. The molecular formula is C6H8-2. The summed E-state index contributed by atoms with van der Waals surface area (Å²) < 4.78 is 0. The third-order valence-electron chi connectivity index (χ3n) is 0.940. The molecule has 0 amide bonds. The molecule has 0 heteroatoms. The second kappa shape index (κ2) is 1.29. The van der Waals surface area contributed by atoms with Crippen molar-refractivity contribution in [3.05, 3.63) is 25.0 Å². The quantitative estimate of drug-likeness (QED) is 0.388. The molecule has 0 saturated heterocycles. The maximum atomic E-state index is 2.17. The van der Waals surface area contributed by atoms with Gasteiger partial charge in [0, 0.05) is 0 Å². The summed E-state index contributed by atoms with van der Waals surface area (Å²) in [4.78, 5) is 0. The van der Waals surface area contributed by atoms with E-state index in [2.05, 4.69) is 31.9 Å². The average Bonchev–Trinajstić information content (AvgIpc) is 1.86. The van der Waals surface area contributed by atoms with E-state index < -0.39 is 0 Å². The lowest BCUT2D eigenvalue weighted by Gasteiger charge is -2.11. The first kappa shape index (κ1) is 3.66. The molecule has 0 bridgehead atoms. The first-order valence-corrected chi connectivity index (χ1v) is 2.24. The minimum absolute atomic E-state index is 0.685. The topological polar surface area (TPSA) is 0 Å². The molecule has 34 valence electrons. The van der Waals surface area contributed by atoms with Gasteiger partial charge in [0.05, 0.1) is 0 Å². The Kier molecular flexibility index (Phi) is 0.789. The van der Waals surface area contributed by atoms with Gasteiger partial charge in [-0.25, -0.2) is 0 Å². The maximum absolute atomic E-state index is 2.17. The van der Waals surface area contributed by atoms with Gasteiger partial charge >= 0.3 is 0 Å². The number of allylic oxidation sites excluding steroid dienone is 2. The van der Waals surface area contributed by atoms with Gasteiger partial charge in [0.25, 0.3) is 0 Å². The molecule has 1 aliphatic rings. The molecule has 0 spiro atoms. The highest BCUT2D eigenvalue weighted by Gasteiger charge is 1.78. The maximum Gasteiger partial charge on any atom is -0.0887 e. The fourth-order valence-electron chi connectivity index (χ4n) is 0.543. The average molecular weight is 80.1 g/mol. The largest absolute Gasteiger partial charge is 0.379 e. The van der Waals surface area contributed by atoms with Gasteiger partial charge < -0.3 is 25.0 Å². The normalized spacial score (nSPS) is 20.2. The van der Waals surface area contributed by atoms with Gasteiger partial charge in [-0.3, -0.25) is 0 Å². The van der Waals surface area contributed by atoms with Crippen LogP contribution in [0.25, 0.3) is 0 Å². The molecule has 0 atom stereocenters. The van der Waals surface area contributed by atoms with Crippen LogP contribution in [0.15, 0.2) is 12.2 Å². The molecule has 0 radical (unpaired) electrons. The van der Waals surface area contributed by atoms with E-state index in [0.29, 0.717) is 5.92 Å². The second-order valence-electron chi connectivity index (χ2n) is 1.63. The molecule has 0 aliphatic heterocycles. The summed E-state index contributed by atoms with van der Waals surface area (Å²) in [6.07, 6.45) is 8.48. The third kappa shape index (κ3) is 0.510. The first-order valence-electron chi connectivity index (χ1n) is 2.24. The van der Waals surface area contributed by atoms with Crippen molar-refractivity contribution in [3.63, 3.8) is 0 Å². The van der Waals surface area contributed by atoms with Crippen LogP contribution in [0.5, 0.6) is 0 Å². The van der Waals surface area contributed by atoms with Crippen LogP contribution in [0.4, 0.5) is 0 Å². The minimum Gasteiger partial charge on any atom is -0.379 e. The van der Waals surface area contributed by atoms with E-state index in [1.165, 1.54) is 0 Å². The molecule has 1 aliphatic carbocycles. The smallest absolute Gasteiger partial charge is 0.0887 e.